The lowest BCUT2D eigenvalue weighted by Crippen LogP contribution is -2.18. The van der Waals surface area contributed by atoms with Gasteiger partial charge in [-0.1, -0.05) is 0 Å². The van der Waals surface area contributed by atoms with Crippen molar-refractivity contribution in [1.29, 1.82) is 0 Å². The summed E-state index contributed by atoms with van der Waals surface area (Å²) in [7, 11) is 1.80. The molecular weight excluding hydrogens is 382 g/mol. The minimum atomic E-state index is -0.651. The van der Waals surface area contributed by atoms with Crippen molar-refractivity contribution in [2.45, 2.75) is 0 Å². The zero-order valence-electron chi connectivity index (χ0n) is 15.6. The summed E-state index contributed by atoms with van der Waals surface area (Å²) in [6.45, 7) is 1.37. The fourth-order valence-corrected chi connectivity index (χ4v) is 2.73. The average Bonchev–Trinajstić information content (AvgIpc) is 2.67. The third-order valence-electron chi connectivity index (χ3n) is 4.13. The van der Waals surface area contributed by atoms with Gasteiger partial charge in [0.25, 0.3) is 0 Å². The SMILES string of the molecule is CNCCOCCOc1c(-c2ccc(O)c(O)c2)oc2cc(O)cc(O)c2c1=O. The van der Waals surface area contributed by atoms with Crippen molar-refractivity contribution in [2.75, 3.05) is 33.4 Å². The maximum absolute atomic E-state index is 13.0. The number of rotatable bonds is 8. The summed E-state index contributed by atoms with van der Waals surface area (Å²) < 4.78 is 16.7. The van der Waals surface area contributed by atoms with Crippen LogP contribution in [0, 0.1) is 0 Å². The van der Waals surface area contributed by atoms with Crippen LogP contribution < -0.4 is 15.5 Å². The molecule has 0 spiro atoms. The van der Waals surface area contributed by atoms with Gasteiger partial charge in [-0.05, 0) is 25.2 Å². The first-order valence-electron chi connectivity index (χ1n) is 8.82. The molecule has 0 aliphatic rings. The van der Waals surface area contributed by atoms with Crippen molar-refractivity contribution >= 4 is 11.0 Å². The summed E-state index contributed by atoms with van der Waals surface area (Å²) >= 11 is 0. The summed E-state index contributed by atoms with van der Waals surface area (Å²) in [6.07, 6.45) is 0. The molecule has 29 heavy (non-hydrogen) atoms. The van der Waals surface area contributed by atoms with Gasteiger partial charge >= 0.3 is 0 Å². The Morgan fingerprint density at radius 1 is 0.966 bits per heavy atom. The molecule has 5 N–H and O–H groups in total. The molecule has 3 rings (SSSR count). The topological polar surface area (TPSA) is 142 Å². The van der Waals surface area contributed by atoms with Crippen LogP contribution >= 0.6 is 0 Å². The Balaban J connectivity index is 2.06. The van der Waals surface area contributed by atoms with Crippen molar-refractivity contribution in [3.8, 4) is 40.1 Å². The van der Waals surface area contributed by atoms with Crippen LogP contribution in [0.5, 0.6) is 28.7 Å². The van der Waals surface area contributed by atoms with Crippen molar-refractivity contribution in [1.82, 2.24) is 5.32 Å². The van der Waals surface area contributed by atoms with Crippen LogP contribution in [-0.4, -0.2) is 53.8 Å². The molecule has 0 amide bonds. The maximum Gasteiger partial charge on any atom is 0.239 e. The standard InChI is InChI=1S/C20H21NO8/c1-21-4-5-27-6-7-28-20-18(26)17-15(25)9-12(22)10-16(17)29-19(20)11-2-3-13(23)14(24)8-11/h2-3,8-10,21-25H,4-7H2,1H3. The van der Waals surface area contributed by atoms with Crippen LogP contribution in [0.25, 0.3) is 22.3 Å². The Morgan fingerprint density at radius 3 is 2.48 bits per heavy atom. The van der Waals surface area contributed by atoms with Crippen LogP contribution in [0.4, 0.5) is 0 Å². The highest BCUT2D eigenvalue weighted by molar-refractivity contribution is 5.88. The van der Waals surface area contributed by atoms with Gasteiger partial charge in [0.15, 0.2) is 17.3 Å². The van der Waals surface area contributed by atoms with Crippen molar-refractivity contribution in [3.05, 3.63) is 40.6 Å². The lowest BCUT2D eigenvalue weighted by atomic mass is 10.1. The summed E-state index contributed by atoms with van der Waals surface area (Å²) in [6, 6.07) is 6.08. The van der Waals surface area contributed by atoms with Gasteiger partial charge in [0.05, 0.1) is 13.2 Å². The van der Waals surface area contributed by atoms with Gasteiger partial charge < -0.3 is 39.6 Å². The van der Waals surface area contributed by atoms with Gasteiger partial charge in [-0.3, -0.25) is 4.79 Å². The first-order valence-corrected chi connectivity index (χ1v) is 8.82. The number of ether oxygens (including phenoxy) is 2. The number of hydrogen-bond donors (Lipinski definition) is 5. The zero-order valence-corrected chi connectivity index (χ0v) is 15.6. The molecule has 0 saturated heterocycles. The Hall–Kier alpha value is -3.43. The second-order valence-electron chi connectivity index (χ2n) is 6.20. The van der Waals surface area contributed by atoms with E-state index >= 15 is 0 Å². The fourth-order valence-electron chi connectivity index (χ4n) is 2.73. The lowest BCUT2D eigenvalue weighted by molar-refractivity contribution is 0.102. The molecule has 0 aliphatic carbocycles. The average molecular weight is 403 g/mol. The first kappa shape index (κ1) is 20.3. The van der Waals surface area contributed by atoms with Crippen LogP contribution in [0.2, 0.25) is 0 Å². The summed E-state index contributed by atoms with van der Waals surface area (Å²) in [4.78, 5) is 13.0. The smallest absolute Gasteiger partial charge is 0.239 e. The van der Waals surface area contributed by atoms with Crippen LogP contribution in [0.3, 0.4) is 0 Å². The molecule has 0 saturated carbocycles. The third kappa shape index (κ3) is 4.36. The van der Waals surface area contributed by atoms with E-state index in [1.807, 2.05) is 0 Å². The van der Waals surface area contributed by atoms with E-state index in [4.69, 9.17) is 13.9 Å². The van der Waals surface area contributed by atoms with Gasteiger partial charge in [-0.2, -0.15) is 0 Å². The molecule has 0 unspecified atom stereocenters. The molecule has 9 nitrogen and oxygen atoms in total. The van der Waals surface area contributed by atoms with E-state index in [-0.39, 0.29) is 52.8 Å². The van der Waals surface area contributed by atoms with Gasteiger partial charge in [0.2, 0.25) is 11.2 Å². The van der Waals surface area contributed by atoms with Gasteiger partial charge in [-0.25, -0.2) is 0 Å². The minimum absolute atomic E-state index is 0.0296. The number of phenols is 4. The fraction of sp³-hybridized carbons (Fsp3) is 0.250. The predicted molar refractivity (Wildman–Crippen MR) is 105 cm³/mol. The molecule has 0 radical (unpaired) electrons. The van der Waals surface area contributed by atoms with Crippen molar-refractivity contribution in [2.24, 2.45) is 0 Å². The molecule has 1 aromatic heterocycles. The number of phenolic OH excluding ortho intramolecular Hbond substituents is 4. The van der Waals surface area contributed by atoms with Crippen molar-refractivity contribution < 1.29 is 34.3 Å². The van der Waals surface area contributed by atoms with Gasteiger partial charge in [-0.15, -0.1) is 0 Å². The highest BCUT2D eigenvalue weighted by Crippen LogP contribution is 2.38. The van der Waals surface area contributed by atoms with Crippen LogP contribution in [0.15, 0.2) is 39.5 Å². The van der Waals surface area contributed by atoms with E-state index < -0.39 is 16.9 Å². The molecule has 9 heteroatoms. The van der Waals surface area contributed by atoms with E-state index in [9.17, 15) is 25.2 Å². The molecule has 154 valence electrons. The number of fused-ring (bicyclic) bond motifs is 1. The van der Waals surface area contributed by atoms with Crippen LogP contribution in [0.1, 0.15) is 0 Å². The predicted octanol–water partition coefficient (Wildman–Crippen LogP) is 1.90. The molecular formula is C20H21NO8. The monoisotopic (exact) mass is 403 g/mol. The molecule has 0 aliphatic heterocycles. The number of hydrogen-bond acceptors (Lipinski definition) is 9. The maximum atomic E-state index is 13.0. The van der Waals surface area contributed by atoms with E-state index in [0.29, 0.717) is 13.2 Å². The molecule has 0 bridgehead atoms. The Morgan fingerprint density at radius 2 is 1.76 bits per heavy atom. The summed E-state index contributed by atoms with van der Waals surface area (Å²) in [5.74, 6) is -1.72. The number of nitrogens with one attached hydrogen (secondary N) is 1. The zero-order chi connectivity index (χ0) is 21.0. The van der Waals surface area contributed by atoms with Gasteiger partial charge in [0.1, 0.15) is 29.1 Å². The third-order valence-corrected chi connectivity index (χ3v) is 4.13. The highest BCUT2D eigenvalue weighted by Gasteiger charge is 2.21. The number of benzene rings is 2. The Bertz CT molecular complexity index is 1080. The second-order valence-corrected chi connectivity index (χ2v) is 6.20. The Kier molecular flexibility index (Phi) is 6.10. The summed E-state index contributed by atoms with van der Waals surface area (Å²) in [5, 5.41) is 41.9. The number of likely N-dealkylation sites (N-methyl/N-ethyl adjacent to an activating group) is 1. The second kappa shape index (κ2) is 8.72. The molecule has 1 heterocycles. The summed E-state index contributed by atoms with van der Waals surface area (Å²) in [5.41, 5.74) is -0.456. The van der Waals surface area contributed by atoms with E-state index in [0.717, 1.165) is 6.07 Å². The van der Waals surface area contributed by atoms with Gasteiger partial charge in [0, 0.05) is 24.2 Å². The van der Waals surface area contributed by atoms with E-state index in [2.05, 4.69) is 5.32 Å². The van der Waals surface area contributed by atoms with Crippen molar-refractivity contribution in [3.63, 3.8) is 0 Å². The largest absolute Gasteiger partial charge is 0.508 e. The molecule has 3 aromatic rings. The molecule has 0 fully saturated rings. The minimum Gasteiger partial charge on any atom is -0.508 e. The molecule has 0 atom stereocenters. The van der Waals surface area contributed by atoms with Crippen LogP contribution in [-0.2, 0) is 4.74 Å². The lowest BCUT2D eigenvalue weighted by Gasteiger charge is -2.13. The number of aromatic hydroxyl groups is 4. The highest BCUT2D eigenvalue weighted by atomic mass is 16.5. The van der Waals surface area contributed by atoms with E-state index in [1.165, 1.54) is 24.3 Å². The first-order chi connectivity index (χ1) is 13.9. The molecule has 2 aromatic carbocycles. The quantitative estimate of drug-likeness (QED) is 0.281. The van der Waals surface area contributed by atoms with E-state index in [1.54, 1.807) is 7.05 Å². The normalized spacial score (nSPS) is 11.1. The Labute approximate surface area is 165 Å².